The first-order chi connectivity index (χ1) is 34.7. The molecule has 0 saturated heterocycles. The second-order valence-electron chi connectivity index (χ2n) is 20.7. The summed E-state index contributed by atoms with van der Waals surface area (Å²) in [4.78, 5) is 12.5. The molecule has 0 fully saturated rings. The van der Waals surface area contributed by atoms with Crippen LogP contribution in [-0.2, 0) is 4.79 Å². The third-order valence-corrected chi connectivity index (χ3v) is 13.9. The summed E-state index contributed by atoms with van der Waals surface area (Å²) in [6, 6.07) is -0.542. The van der Waals surface area contributed by atoms with Crippen molar-refractivity contribution < 1.29 is 15.0 Å². The first-order valence-corrected chi connectivity index (χ1v) is 30.8. The topological polar surface area (TPSA) is 69.6 Å². The lowest BCUT2D eigenvalue weighted by molar-refractivity contribution is -0.123. The molecular weight excluding hydrogens is 855 g/mol. The highest BCUT2D eigenvalue weighted by Crippen LogP contribution is 2.18. The van der Waals surface area contributed by atoms with Crippen LogP contribution in [0.5, 0.6) is 0 Å². The van der Waals surface area contributed by atoms with Crippen molar-refractivity contribution in [1.82, 2.24) is 5.32 Å². The fourth-order valence-electron chi connectivity index (χ4n) is 9.29. The van der Waals surface area contributed by atoms with Crippen molar-refractivity contribution in [2.24, 2.45) is 0 Å². The van der Waals surface area contributed by atoms with E-state index in [9.17, 15) is 15.0 Å². The number of carbonyl (C=O) groups excluding carboxylic acids is 1. The normalized spacial score (nSPS) is 13.4. The molecule has 4 nitrogen and oxygen atoms in total. The maximum Gasteiger partial charge on any atom is 0.220 e. The average Bonchev–Trinajstić information content (AvgIpc) is 3.36. The van der Waals surface area contributed by atoms with Crippen LogP contribution < -0.4 is 5.32 Å². The molecule has 2 unspecified atom stereocenters. The first kappa shape index (κ1) is 67.6. The van der Waals surface area contributed by atoms with Crippen LogP contribution in [0.15, 0.2) is 85.1 Å². The second kappa shape index (κ2) is 60.9. The average molecular weight is 975 g/mol. The Morgan fingerprint density at radius 3 is 0.943 bits per heavy atom. The zero-order valence-corrected chi connectivity index (χ0v) is 46.8. The van der Waals surface area contributed by atoms with E-state index in [0.717, 1.165) is 70.6 Å². The first-order valence-electron chi connectivity index (χ1n) is 30.8. The van der Waals surface area contributed by atoms with Gasteiger partial charge in [-0.15, -0.1) is 0 Å². The maximum atomic E-state index is 12.5. The highest BCUT2D eigenvalue weighted by atomic mass is 16.3. The summed E-state index contributed by atoms with van der Waals surface area (Å²) in [6.07, 6.45) is 88.7. The smallest absolute Gasteiger partial charge is 0.220 e. The lowest BCUT2D eigenvalue weighted by Crippen LogP contribution is -2.45. The van der Waals surface area contributed by atoms with E-state index in [1.807, 2.05) is 0 Å². The summed E-state index contributed by atoms with van der Waals surface area (Å²) in [5.41, 5.74) is 0. The van der Waals surface area contributed by atoms with E-state index in [1.165, 1.54) is 212 Å². The molecule has 0 spiro atoms. The van der Waals surface area contributed by atoms with Gasteiger partial charge in [-0.25, -0.2) is 0 Å². The zero-order chi connectivity index (χ0) is 50.6. The Morgan fingerprint density at radius 2 is 0.629 bits per heavy atom. The molecule has 0 radical (unpaired) electrons. The Balaban J connectivity index is 3.49. The van der Waals surface area contributed by atoms with E-state index in [1.54, 1.807) is 0 Å². The van der Waals surface area contributed by atoms with Crippen LogP contribution in [0.1, 0.15) is 309 Å². The van der Waals surface area contributed by atoms with Crippen molar-refractivity contribution in [2.45, 2.75) is 321 Å². The van der Waals surface area contributed by atoms with Gasteiger partial charge in [0.1, 0.15) is 0 Å². The number of rotatable bonds is 56. The standard InChI is InChI=1S/C66H119NO3/c1-3-5-7-9-11-13-15-17-19-21-23-25-27-28-29-30-31-32-33-34-35-36-37-38-40-42-44-46-48-50-52-54-56-58-60-62-66(70)67-64(63-68)65(69)61-59-57-55-53-51-49-47-45-43-41-39-26-24-22-20-18-16-14-12-10-8-6-4-2/h5,7,11,13,17,19,23,25,28-29,31-32,34-35,64-65,68-69H,3-4,6,8-10,12,14-16,18,20-22,24,26-27,30,33,36-63H2,1-2H3,(H,67,70)/b7-5-,13-11-,19-17-,25-23-,29-28-,32-31-,35-34-. The van der Waals surface area contributed by atoms with Gasteiger partial charge in [0.25, 0.3) is 0 Å². The molecule has 0 aliphatic rings. The highest BCUT2D eigenvalue weighted by Gasteiger charge is 2.20. The molecule has 70 heavy (non-hydrogen) atoms. The molecule has 0 saturated carbocycles. The number of allylic oxidation sites excluding steroid dienone is 14. The molecular formula is C66H119NO3. The van der Waals surface area contributed by atoms with Gasteiger partial charge in [0, 0.05) is 6.42 Å². The Morgan fingerprint density at radius 1 is 0.357 bits per heavy atom. The number of hydrogen-bond donors (Lipinski definition) is 3. The molecule has 0 aromatic heterocycles. The van der Waals surface area contributed by atoms with Gasteiger partial charge in [-0.1, -0.05) is 317 Å². The summed E-state index contributed by atoms with van der Waals surface area (Å²) in [7, 11) is 0. The van der Waals surface area contributed by atoms with Crippen LogP contribution in [-0.4, -0.2) is 34.9 Å². The fraction of sp³-hybridized carbons (Fsp3) is 0.773. The van der Waals surface area contributed by atoms with E-state index in [4.69, 9.17) is 0 Å². The Bertz CT molecular complexity index is 1240. The molecule has 1 amide bonds. The largest absolute Gasteiger partial charge is 0.394 e. The van der Waals surface area contributed by atoms with Crippen LogP contribution in [0.25, 0.3) is 0 Å². The van der Waals surface area contributed by atoms with Crippen LogP contribution >= 0.6 is 0 Å². The molecule has 4 heteroatoms. The van der Waals surface area contributed by atoms with Gasteiger partial charge in [0.2, 0.25) is 5.91 Å². The van der Waals surface area contributed by atoms with E-state index >= 15 is 0 Å². The van der Waals surface area contributed by atoms with Gasteiger partial charge >= 0.3 is 0 Å². The predicted molar refractivity (Wildman–Crippen MR) is 313 cm³/mol. The lowest BCUT2D eigenvalue weighted by atomic mass is 10.0. The highest BCUT2D eigenvalue weighted by molar-refractivity contribution is 5.76. The molecule has 0 aromatic rings. The molecule has 0 aliphatic carbocycles. The number of unbranched alkanes of at least 4 members (excludes halogenated alkanes) is 35. The molecule has 3 N–H and O–H groups in total. The molecule has 0 bridgehead atoms. The van der Waals surface area contributed by atoms with Crippen LogP contribution in [0.2, 0.25) is 0 Å². The van der Waals surface area contributed by atoms with E-state index in [-0.39, 0.29) is 12.5 Å². The molecule has 0 aromatic carbocycles. The molecule has 406 valence electrons. The van der Waals surface area contributed by atoms with E-state index in [0.29, 0.717) is 12.8 Å². The number of aliphatic hydroxyl groups excluding tert-OH is 2. The minimum Gasteiger partial charge on any atom is -0.394 e. The summed E-state index contributed by atoms with van der Waals surface area (Å²) in [6.45, 7) is 4.27. The van der Waals surface area contributed by atoms with Crippen LogP contribution in [0.4, 0.5) is 0 Å². The Kier molecular flexibility index (Phi) is 58.8. The number of hydrogen-bond acceptors (Lipinski definition) is 3. The molecule has 0 rings (SSSR count). The van der Waals surface area contributed by atoms with E-state index in [2.05, 4.69) is 104 Å². The SMILES string of the molecule is CC/C=C\C/C=C\C/C=C\C/C=C\C/C=C\C/C=C\C/C=C\CCCCCCCCCCCCCCCC(=O)NC(CO)C(O)CCCCCCCCCCCCCCCCCCCCCCCCC. The number of carbonyl (C=O) groups is 1. The third kappa shape index (κ3) is 56.5. The quantitative estimate of drug-likeness (QED) is 0.0420. The van der Waals surface area contributed by atoms with E-state index < -0.39 is 12.1 Å². The van der Waals surface area contributed by atoms with Crippen molar-refractivity contribution in [1.29, 1.82) is 0 Å². The van der Waals surface area contributed by atoms with Gasteiger partial charge in [-0.2, -0.15) is 0 Å². The molecule has 0 heterocycles. The zero-order valence-electron chi connectivity index (χ0n) is 46.8. The van der Waals surface area contributed by atoms with Crippen LogP contribution in [0.3, 0.4) is 0 Å². The van der Waals surface area contributed by atoms with Crippen molar-refractivity contribution in [3.63, 3.8) is 0 Å². The van der Waals surface area contributed by atoms with Crippen LogP contribution in [0, 0.1) is 0 Å². The summed E-state index contributed by atoms with van der Waals surface area (Å²) in [5, 5.41) is 23.4. The summed E-state index contributed by atoms with van der Waals surface area (Å²) >= 11 is 0. The van der Waals surface area contributed by atoms with Gasteiger partial charge < -0.3 is 15.5 Å². The second-order valence-corrected chi connectivity index (χ2v) is 20.7. The summed E-state index contributed by atoms with van der Waals surface area (Å²) in [5.74, 6) is -0.0317. The monoisotopic (exact) mass is 974 g/mol. The van der Waals surface area contributed by atoms with Crippen molar-refractivity contribution >= 4 is 5.91 Å². The maximum absolute atomic E-state index is 12.5. The lowest BCUT2D eigenvalue weighted by Gasteiger charge is -2.22. The van der Waals surface area contributed by atoms with Crippen molar-refractivity contribution in [3.8, 4) is 0 Å². The minimum atomic E-state index is -0.665. The van der Waals surface area contributed by atoms with Gasteiger partial charge in [0.05, 0.1) is 18.8 Å². The fourth-order valence-corrected chi connectivity index (χ4v) is 9.29. The van der Waals surface area contributed by atoms with Gasteiger partial charge in [-0.3, -0.25) is 4.79 Å². The minimum absolute atomic E-state index is 0.0317. The third-order valence-electron chi connectivity index (χ3n) is 13.9. The van der Waals surface area contributed by atoms with Crippen molar-refractivity contribution in [2.75, 3.05) is 6.61 Å². The number of aliphatic hydroxyl groups is 2. The molecule has 0 aliphatic heterocycles. The van der Waals surface area contributed by atoms with Crippen molar-refractivity contribution in [3.05, 3.63) is 85.1 Å². The predicted octanol–water partition coefficient (Wildman–Crippen LogP) is 20.7. The van der Waals surface area contributed by atoms with Gasteiger partial charge in [-0.05, 0) is 70.6 Å². The number of nitrogens with one attached hydrogen (secondary N) is 1. The Hall–Kier alpha value is -2.43. The molecule has 2 atom stereocenters. The Labute approximate surface area is 437 Å². The number of amides is 1. The summed E-state index contributed by atoms with van der Waals surface area (Å²) < 4.78 is 0. The van der Waals surface area contributed by atoms with Gasteiger partial charge in [0.15, 0.2) is 0 Å².